The van der Waals surface area contributed by atoms with Gasteiger partial charge in [-0.25, -0.2) is 8.42 Å². The van der Waals surface area contributed by atoms with Crippen LogP contribution in [0.1, 0.15) is 17.5 Å². The quantitative estimate of drug-likeness (QED) is 0.742. The van der Waals surface area contributed by atoms with Crippen LogP contribution >= 0.6 is 0 Å². The van der Waals surface area contributed by atoms with Crippen LogP contribution in [-0.2, 0) is 22.9 Å². The summed E-state index contributed by atoms with van der Waals surface area (Å²) >= 11 is 0. The molecule has 0 saturated carbocycles. The summed E-state index contributed by atoms with van der Waals surface area (Å²) in [6.07, 6.45) is 2.52. The highest BCUT2D eigenvalue weighted by Crippen LogP contribution is 2.37. The van der Waals surface area contributed by atoms with Crippen molar-refractivity contribution in [3.05, 3.63) is 41.5 Å². The van der Waals surface area contributed by atoms with Gasteiger partial charge in [-0.15, -0.1) is 0 Å². The molecule has 0 bridgehead atoms. The highest BCUT2D eigenvalue weighted by Gasteiger charge is 2.28. The van der Waals surface area contributed by atoms with Crippen LogP contribution < -0.4 is 18.9 Å². The molecule has 1 aliphatic carbocycles. The zero-order valence-electron chi connectivity index (χ0n) is 17.5. The van der Waals surface area contributed by atoms with Gasteiger partial charge in [0.1, 0.15) is 22.1 Å². The number of anilines is 1. The minimum absolute atomic E-state index is 0.0332. The Balaban J connectivity index is 2.02. The van der Waals surface area contributed by atoms with Crippen LogP contribution in [0.15, 0.2) is 35.2 Å². The zero-order valence-corrected chi connectivity index (χ0v) is 18.3. The normalized spacial score (nSPS) is 16.3. The molecular weight excluding hydrogens is 392 g/mol. The summed E-state index contributed by atoms with van der Waals surface area (Å²) in [5.74, 6) is 1.48. The van der Waals surface area contributed by atoms with Crippen LogP contribution in [0.2, 0.25) is 0 Å². The molecule has 7 nitrogen and oxygen atoms in total. The molecular formula is C21H28N2O5S. The van der Waals surface area contributed by atoms with E-state index < -0.39 is 10.0 Å². The van der Waals surface area contributed by atoms with Crippen molar-refractivity contribution in [3.63, 3.8) is 0 Å². The first-order valence-corrected chi connectivity index (χ1v) is 10.9. The van der Waals surface area contributed by atoms with Crippen LogP contribution in [0.4, 0.5) is 5.69 Å². The SMILES string of the molecule is COc1ccc(OC)c(S(=O)(=O)Nc2ccc(OC)c3c2CC[C@H](N(C)C)C3)c1. The number of methoxy groups -OCH3 is 3. The third kappa shape index (κ3) is 4.28. The van der Waals surface area contributed by atoms with E-state index in [9.17, 15) is 8.42 Å². The molecule has 0 fully saturated rings. The van der Waals surface area contributed by atoms with E-state index >= 15 is 0 Å². The molecule has 0 aliphatic heterocycles. The summed E-state index contributed by atoms with van der Waals surface area (Å²) < 4.78 is 45.1. The average Bonchev–Trinajstić information content (AvgIpc) is 2.72. The van der Waals surface area contributed by atoms with Gasteiger partial charge in [-0.2, -0.15) is 0 Å². The van der Waals surface area contributed by atoms with Crippen molar-refractivity contribution < 1.29 is 22.6 Å². The van der Waals surface area contributed by atoms with Crippen molar-refractivity contribution in [1.82, 2.24) is 4.90 Å². The van der Waals surface area contributed by atoms with Gasteiger partial charge in [0.05, 0.1) is 27.0 Å². The Hall–Kier alpha value is -2.45. The van der Waals surface area contributed by atoms with Crippen LogP contribution in [0, 0.1) is 0 Å². The highest BCUT2D eigenvalue weighted by atomic mass is 32.2. The first kappa shape index (κ1) is 21.3. The lowest BCUT2D eigenvalue weighted by Crippen LogP contribution is -2.34. The number of rotatable bonds is 7. The summed E-state index contributed by atoms with van der Waals surface area (Å²) in [5.41, 5.74) is 2.60. The molecule has 0 spiro atoms. The second kappa shape index (κ2) is 8.51. The average molecular weight is 421 g/mol. The first-order valence-electron chi connectivity index (χ1n) is 9.40. The molecule has 0 aromatic heterocycles. The molecule has 0 amide bonds. The van der Waals surface area contributed by atoms with Crippen molar-refractivity contribution in [2.45, 2.75) is 30.2 Å². The van der Waals surface area contributed by atoms with Crippen LogP contribution in [0.25, 0.3) is 0 Å². The fourth-order valence-electron chi connectivity index (χ4n) is 3.75. The molecule has 158 valence electrons. The number of sulfonamides is 1. The van der Waals surface area contributed by atoms with Crippen LogP contribution in [-0.4, -0.2) is 54.8 Å². The van der Waals surface area contributed by atoms with Crippen molar-refractivity contribution >= 4 is 15.7 Å². The van der Waals surface area contributed by atoms with Crippen LogP contribution in [0.5, 0.6) is 17.2 Å². The summed E-state index contributed by atoms with van der Waals surface area (Å²) in [6.45, 7) is 0. The van der Waals surface area contributed by atoms with E-state index in [0.29, 0.717) is 17.5 Å². The van der Waals surface area contributed by atoms with Gasteiger partial charge in [-0.1, -0.05) is 0 Å². The van der Waals surface area contributed by atoms with Gasteiger partial charge in [-0.3, -0.25) is 4.72 Å². The molecule has 0 radical (unpaired) electrons. The number of nitrogens with one attached hydrogen (secondary N) is 1. The van der Waals surface area contributed by atoms with Gasteiger partial charge < -0.3 is 19.1 Å². The molecule has 1 N–H and O–H groups in total. The van der Waals surface area contributed by atoms with E-state index in [1.165, 1.54) is 20.3 Å². The Labute approximate surface area is 172 Å². The Morgan fingerprint density at radius 1 is 0.966 bits per heavy atom. The zero-order chi connectivity index (χ0) is 21.2. The minimum Gasteiger partial charge on any atom is -0.497 e. The summed E-state index contributed by atoms with van der Waals surface area (Å²) in [5, 5.41) is 0. The lowest BCUT2D eigenvalue weighted by molar-refractivity contribution is 0.265. The maximum Gasteiger partial charge on any atom is 0.265 e. The summed E-state index contributed by atoms with van der Waals surface area (Å²) in [4.78, 5) is 2.23. The van der Waals surface area contributed by atoms with Gasteiger partial charge in [-0.05, 0) is 63.2 Å². The maximum absolute atomic E-state index is 13.2. The summed E-state index contributed by atoms with van der Waals surface area (Å²) in [7, 11) is 4.81. The minimum atomic E-state index is -3.88. The van der Waals surface area contributed by atoms with Crippen LogP contribution in [0.3, 0.4) is 0 Å². The fraction of sp³-hybridized carbons (Fsp3) is 0.429. The monoisotopic (exact) mass is 420 g/mol. The van der Waals surface area contributed by atoms with Gasteiger partial charge >= 0.3 is 0 Å². The van der Waals surface area contributed by atoms with E-state index in [1.54, 1.807) is 25.3 Å². The number of hydrogen-bond donors (Lipinski definition) is 1. The molecule has 0 saturated heterocycles. The predicted octanol–water partition coefficient (Wildman–Crippen LogP) is 2.93. The third-order valence-corrected chi connectivity index (χ3v) is 6.80. The highest BCUT2D eigenvalue weighted by molar-refractivity contribution is 7.92. The second-order valence-electron chi connectivity index (χ2n) is 7.26. The molecule has 0 heterocycles. The standard InChI is InChI=1S/C21H28N2O5S/c1-23(2)14-6-8-16-17(12-14)19(27-4)11-9-18(16)22-29(24,25)21-13-15(26-3)7-10-20(21)28-5/h7,9-11,13-14,22H,6,8,12H2,1-5H3/t14-/m0/s1. The maximum atomic E-state index is 13.2. The van der Waals surface area contributed by atoms with E-state index in [-0.39, 0.29) is 10.6 Å². The molecule has 1 aliphatic rings. The van der Waals surface area contributed by atoms with Crippen molar-refractivity contribution in [1.29, 1.82) is 0 Å². The summed E-state index contributed by atoms with van der Waals surface area (Å²) in [6, 6.07) is 8.67. The predicted molar refractivity (Wildman–Crippen MR) is 113 cm³/mol. The van der Waals surface area contributed by atoms with E-state index in [2.05, 4.69) is 23.7 Å². The van der Waals surface area contributed by atoms with Gasteiger partial charge in [0.15, 0.2) is 0 Å². The molecule has 8 heteroatoms. The molecule has 0 unspecified atom stereocenters. The van der Waals surface area contributed by atoms with Gasteiger partial charge in [0.2, 0.25) is 0 Å². The molecule has 29 heavy (non-hydrogen) atoms. The van der Waals surface area contributed by atoms with Crippen molar-refractivity contribution in [2.24, 2.45) is 0 Å². The molecule has 2 aromatic carbocycles. The van der Waals surface area contributed by atoms with Crippen molar-refractivity contribution in [3.8, 4) is 17.2 Å². The van der Waals surface area contributed by atoms with Gasteiger partial charge in [0, 0.05) is 17.7 Å². The van der Waals surface area contributed by atoms with Crippen molar-refractivity contribution in [2.75, 3.05) is 40.1 Å². The molecule has 1 atom stereocenters. The van der Waals surface area contributed by atoms with E-state index in [1.807, 2.05) is 6.07 Å². The third-order valence-electron chi connectivity index (χ3n) is 5.41. The largest absolute Gasteiger partial charge is 0.497 e. The number of benzene rings is 2. The number of fused-ring (bicyclic) bond motifs is 1. The second-order valence-corrected chi connectivity index (χ2v) is 8.91. The van der Waals surface area contributed by atoms with Gasteiger partial charge in [0.25, 0.3) is 10.0 Å². The van der Waals surface area contributed by atoms with E-state index in [4.69, 9.17) is 14.2 Å². The number of ether oxygens (including phenoxy) is 3. The lowest BCUT2D eigenvalue weighted by Gasteiger charge is -2.32. The Bertz CT molecular complexity index is 989. The lowest BCUT2D eigenvalue weighted by atomic mass is 9.86. The Morgan fingerprint density at radius 2 is 1.66 bits per heavy atom. The topological polar surface area (TPSA) is 77.1 Å². The Morgan fingerprint density at radius 3 is 2.28 bits per heavy atom. The first-order chi connectivity index (χ1) is 13.8. The smallest absolute Gasteiger partial charge is 0.265 e. The number of likely N-dealkylation sites (N-methyl/N-ethyl adjacent to an activating group) is 1. The number of hydrogen-bond acceptors (Lipinski definition) is 6. The molecule has 2 aromatic rings. The van der Waals surface area contributed by atoms with E-state index in [0.717, 1.165) is 36.1 Å². The number of nitrogens with zero attached hydrogens (tertiary/aromatic N) is 1. The molecule has 3 rings (SSSR count). The fourth-order valence-corrected chi connectivity index (χ4v) is 5.03. The Kier molecular flexibility index (Phi) is 6.24.